The van der Waals surface area contributed by atoms with Gasteiger partial charge in [0.2, 0.25) is 0 Å². The van der Waals surface area contributed by atoms with Crippen LogP contribution in [0.1, 0.15) is 67.1 Å². The van der Waals surface area contributed by atoms with Gasteiger partial charge >= 0.3 is 5.97 Å². The van der Waals surface area contributed by atoms with Crippen LogP contribution in [-0.2, 0) is 22.4 Å². The number of benzene rings is 1. The monoisotopic (exact) mass is 454 g/mol. The summed E-state index contributed by atoms with van der Waals surface area (Å²) in [5, 5.41) is 1.17. The SMILES string of the molecule is CCOC(=O)CCC1=CCCc2c(OCCc3nc(N4CCCCC4)sc3C)cccc21. The standard InChI is InChI=1S/C26H34N2O3S/c1-3-30-25(29)14-13-20-9-7-11-22-21(20)10-8-12-24(22)31-18-15-23-19(2)32-26(27-23)28-16-5-4-6-17-28/h8-10,12H,3-7,11,13-18H2,1-2H3. The van der Waals surface area contributed by atoms with E-state index in [1.165, 1.54) is 46.0 Å². The highest BCUT2D eigenvalue weighted by Gasteiger charge is 2.19. The molecule has 2 aromatic rings. The van der Waals surface area contributed by atoms with Gasteiger partial charge in [-0.25, -0.2) is 4.98 Å². The number of carbonyl (C=O) groups is 1. The highest BCUT2D eigenvalue weighted by Crippen LogP contribution is 2.35. The lowest BCUT2D eigenvalue weighted by Crippen LogP contribution is -2.29. The van der Waals surface area contributed by atoms with Gasteiger partial charge in [-0.3, -0.25) is 4.79 Å². The lowest BCUT2D eigenvalue weighted by Gasteiger charge is -2.25. The van der Waals surface area contributed by atoms with Crippen molar-refractivity contribution < 1.29 is 14.3 Å². The van der Waals surface area contributed by atoms with Gasteiger partial charge in [0.1, 0.15) is 5.75 Å². The summed E-state index contributed by atoms with van der Waals surface area (Å²) in [6.07, 6.45) is 10.1. The Morgan fingerprint density at radius 2 is 2.03 bits per heavy atom. The van der Waals surface area contributed by atoms with Crippen molar-refractivity contribution in [3.63, 3.8) is 0 Å². The third-order valence-electron chi connectivity index (χ3n) is 6.27. The van der Waals surface area contributed by atoms with Gasteiger partial charge < -0.3 is 14.4 Å². The van der Waals surface area contributed by atoms with Gasteiger partial charge in [0.05, 0.1) is 18.9 Å². The van der Waals surface area contributed by atoms with E-state index in [4.69, 9.17) is 14.5 Å². The quantitative estimate of drug-likeness (QED) is 0.453. The minimum atomic E-state index is -0.129. The predicted octanol–water partition coefficient (Wildman–Crippen LogP) is 5.74. The molecule has 0 bridgehead atoms. The van der Waals surface area contributed by atoms with Crippen molar-refractivity contribution in [2.45, 2.75) is 65.2 Å². The summed E-state index contributed by atoms with van der Waals surface area (Å²) in [6, 6.07) is 6.27. The van der Waals surface area contributed by atoms with Crippen LogP contribution in [0.4, 0.5) is 5.13 Å². The first-order valence-electron chi connectivity index (χ1n) is 12.0. The number of rotatable bonds is 9. The van der Waals surface area contributed by atoms with E-state index in [1.54, 1.807) is 0 Å². The van der Waals surface area contributed by atoms with Gasteiger partial charge in [-0.2, -0.15) is 0 Å². The molecule has 1 aliphatic carbocycles. The Morgan fingerprint density at radius 1 is 1.19 bits per heavy atom. The van der Waals surface area contributed by atoms with E-state index in [2.05, 4.69) is 36.1 Å². The Kier molecular flexibility index (Phi) is 7.85. The van der Waals surface area contributed by atoms with Crippen LogP contribution in [0.2, 0.25) is 0 Å². The maximum Gasteiger partial charge on any atom is 0.306 e. The van der Waals surface area contributed by atoms with E-state index in [-0.39, 0.29) is 5.97 Å². The molecule has 0 N–H and O–H groups in total. The molecule has 172 valence electrons. The van der Waals surface area contributed by atoms with E-state index in [0.29, 0.717) is 26.1 Å². The molecule has 2 heterocycles. The number of aromatic nitrogens is 1. The number of ether oxygens (including phenoxy) is 2. The molecule has 32 heavy (non-hydrogen) atoms. The fourth-order valence-corrected chi connectivity index (χ4v) is 5.60. The average Bonchev–Trinajstić information content (AvgIpc) is 3.19. The molecule has 1 aromatic heterocycles. The largest absolute Gasteiger partial charge is 0.493 e. The van der Waals surface area contributed by atoms with Crippen LogP contribution < -0.4 is 9.64 Å². The highest BCUT2D eigenvalue weighted by molar-refractivity contribution is 7.15. The number of allylic oxidation sites excluding steroid dienone is 2. The molecule has 4 rings (SSSR count). The Hall–Kier alpha value is -2.34. The molecule has 0 amide bonds. The Morgan fingerprint density at radius 3 is 2.84 bits per heavy atom. The number of hydrogen-bond acceptors (Lipinski definition) is 6. The Balaban J connectivity index is 1.37. The summed E-state index contributed by atoms with van der Waals surface area (Å²) in [6.45, 7) is 7.34. The van der Waals surface area contributed by atoms with Crippen molar-refractivity contribution in [1.82, 2.24) is 4.98 Å². The predicted molar refractivity (Wildman–Crippen MR) is 131 cm³/mol. The zero-order valence-corrected chi connectivity index (χ0v) is 20.1. The van der Waals surface area contributed by atoms with Gasteiger partial charge in [-0.15, -0.1) is 11.3 Å². The number of hydrogen-bond donors (Lipinski definition) is 0. The Bertz CT molecular complexity index is 960. The zero-order valence-electron chi connectivity index (χ0n) is 19.3. The lowest BCUT2D eigenvalue weighted by atomic mass is 9.88. The summed E-state index contributed by atoms with van der Waals surface area (Å²) in [5.41, 5.74) is 4.87. The van der Waals surface area contributed by atoms with Crippen molar-refractivity contribution in [2.75, 3.05) is 31.2 Å². The van der Waals surface area contributed by atoms with Gasteiger partial charge in [0, 0.05) is 36.4 Å². The number of thiazole rings is 1. The molecule has 1 aromatic carbocycles. The molecule has 0 saturated carbocycles. The second kappa shape index (κ2) is 11.0. The first-order chi connectivity index (χ1) is 15.7. The van der Waals surface area contributed by atoms with Crippen molar-refractivity contribution in [3.8, 4) is 5.75 Å². The van der Waals surface area contributed by atoms with Gasteiger partial charge in [0.15, 0.2) is 5.13 Å². The molecular weight excluding hydrogens is 420 g/mol. The maximum absolute atomic E-state index is 11.8. The number of esters is 1. The van der Waals surface area contributed by atoms with Crippen LogP contribution in [0.3, 0.4) is 0 Å². The van der Waals surface area contributed by atoms with Crippen molar-refractivity contribution >= 4 is 28.0 Å². The number of nitrogens with zero attached hydrogens (tertiary/aromatic N) is 2. The second-order valence-electron chi connectivity index (χ2n) is 8.50. The van der Waals surface area contributed by atoms with Crippen molar-refractivity contribution in [2.24, 2.45) is 0 Å². The van der Waals surface area contributed by atoms with E-state index in [9.17, 15) is 4.79 Å². The molecule has 2 aliphatic rings. The third kappa shape index (κ3) is 5.52. The van der Waals surface area contributed by atoms with Gasteiger partial charge in [0.25, 0.3) is 0 Å². The Labute approximate surface area is 195 Å². The van der Waals surface area contributed by atoms with Crippen LogP contribution in [-0.4, -0.2) is 37.3 Å². The lowest BCUT2D eigenvalue weighted by molar-refractivity contribution is -0.142. The number of piperidine rings is 1. The molecule has 6 heteroatoms. The second-order valence-corrected chi connectivity index (χ2v) is 9.68. The number of fused-ring (bicyclic) bond motifs is 1. The first-order valence-corrected chi connectivity index (χ1v) is 12.8. The third-order valence-corrected chi connectivity index (χ3v) is 7.35. The van der Waals surface area contributed by atoms with Crippen molar-refractivity contribution in [3.05, 3.63) is 46.0 Å². The van der Waals surface area contributed by atoms with Gasteiger partial charge in [-0.1, -0.05) is 18.2 Å². The molecule has 0 radical (unpaired) electrons. The molecule has 0 atom stereocenters. The van der Waals surface area contributed by atoms with Crippen LogP contribution in [0.5, 0.6) is 5.75 Å². The van der Waals surface area contributed by atoms with Crippen LogP contribution in [0.15, 0.2) is 24.3 Å². The summed E-state index contributed by atoms with van der Waals surface area (Å²) in [7, 11) is 0. The normalized spacial score (nSPS) is 15.8. The molecule has 1 aliphatic heterocycles. The first kappa shape index (κ1) is 22.8. The smallest absolute Gasteiger partial charge is 0.306 e. The number of anilines is 1. The zero-order chi connectivity index (χ0) is 22.3. The summed E-state index contributed by atoms with van der Waals surface area (Å²) in [4.78, 5) is 20.5. The number of carbonyl (C=O) groups excluding carboxylic acids is 1. The molecule has 1 saturated heterocycles. The van der Waals surface area contributed by atoms with E-state index in [0.717, 1.165) is 43.8 Å². The maximum atomic E-state index is 11.8. The average molecular weight is 455 g/mol. The molecule has 0 unspecified atom stereocenters. The highest BCUT2D eigenvalue weighted by atomic mass is 32.1. The fraction of sp³-hybridized carbons (Fsp3) is 0.538. The molecule has 1 fully saturated rings. The summed E-state index contributed by atoms with van der Waals surface area (Å²) in [5.74, 6) is 0.837. The molecule has 5 nitrogen and oxygen atoms in total. The number of aryl methyl sites for hydroxylation is 1. The van der Waals surface area contributed by atoms with E-state index in [1.807, 2.05) is 18.3 Å². The van der Waals surface area contributed by atoms with Gasteiger partial charge in [-0.05, 0) is 69.6 Å². The van der Waals surface area contributed by atoms with Crippen LogP contribution in [0.25, 0.3) is 5.57 Å². The summed E-state index contributed by atoms with van der Waals surface area (Å²) < 4.78 is 11.4. The van der Waals surface area contributed by atoms with E-state index >= 15 is 0 Å². The fourth-order valence-electron chi connectivity index (χ4n) is 4.59. The van der Waals surface area contributed by atoms with Crippen LogP contribution >= 0.6 is 11.3 Å². The van der Waals surface area contributed by atoms with E-state index < -0.39 is 0 Å². The molecule has 0 spiro atoms. The minimum absolute atomic E-state index is 0.129. The topological polar surface area (TPSA) is 51.7 Å². The minimum Gasteiger partial charge on any atom is -0.493 e. The van der Waals surface area contributed by atoms with Crippen molar-refractivity contribution in [1.29, 1.82) is 0 Å². The molecular formula is C26H34N2O3S. The summed E-state index contributed by atoms with van der Waals surface area (Å²) >= 11 is 1.82. The van der Waals surface area contributed by atoms with Crippen LogP contribution in [0, 0.1) is 6.92 Å².